The van der Waals surface area contributed by atoms with Crippen molar-refractivity contribution in [1.29, 1.82) is 0 Å². The number of hydrogen-bond acceptors (Lipinski definition) is 4. The van der Waals surface area contributed by atoms with E-state index in [1.807, 2.05) is 24.5 Å². The summed E-state index contributed by atoms with van der Waals surface area (Å²) in [6.45, 7) is 6.15. The van der Waals surface area contributed by atoms with Gasteiger partial charge < -0.3 is 13.7 Å². The smallest absolute Gasteiger partial charge is 0.176 e. The predicted octanol–water partition coefficient (Wildman–Crippen LogP) is 2.65. The van der Waals surface area contributed by atoms with Crippen LogP contribution in [0.4, 0.5) is 0 Å². The van der Waals surface area contributed by atoms with Crippen LogP contribution in [0.2, 0.25) is 0 Å². The fraction of sp³-hybridized carbons (Fsp3) is 0.562. The van der Waals surface area contributed by atoms with Gasteiger partial charge in [0.25, 0.3) is 0 Å². The molecule has 3 heterocycles. The lowest BCUT2D eigenvalue weighted by molar-refractivity contribution is 0.0371. The van der Waals surface area contributed by atoms with E-state index in [1.165, 1.54) is 25.8 Å². The van der Waals surface area contributed by atoms with E-state index in [-0.39, 0.29) is 0 Å². The van der Waals surface area contributed by atoms with Crippen molar-refractivity contribution in [2.24, 2.45) is 0 Å². The van der Waals surface area contributed by atoms with Crippen LogP contribution in [0.1, 0.15) is 19.3 Å². The first-order valence-corrected chi connectivity index (χ1v) is 7.78. The summed E-state index contributed by atoms with van der Waals surface area (Å²) in [6.07, 6.45) is 9.23. The van der Waals surface area contributed by atoms with Gasteiger partial charge >= 0.3 is 0 Å². The Morgan fingerprint density at radius 1 is 1.10 bits per heavy atom. The van der Waals surface area contributed by atoms with Crippen LogP contribution >= 0.6 is 0 Å². The Hall–Kier alpha value is -1.59. The second-order valence-corrected chi connectivity index (χ2v) is 5.44. The molecule has 0 saturated carbocycles. The van der Waals surface area contributed by atoms with Crippen LogP contribution in [0.3, 0.4) is 0 Å². The minimum absolute atomic E-state index is 0.841. The van der Waals surface area contributed by atoms with E-state index in [0.717, 1.165) is 44.4 Å². The number of morpholine rings is 1. The summed E-state index contributed by atoms with van der Waals surface area (Å²) in [5.41, 5.74) is 0. The standard InChI is InChI=1S/C16H23N3O2/c1(2-7-18-10-13-20-14-11-18)3-8-19-9-6-17-16(19)15-5-4-12-21-15/h4-6,9,12H,1-3,7-8,10-11,13-14H2. The lowest BCUT2D eigenvalue weighted by atomic mass is 10.2. The predicted molar refractivity (Wildman–Crippen MR) is 81.0 cm³/mol. The first kappa shape index (κ1) is 14.4. The minimum Gasteiger partial charge on any atom is -0.461 e. The molecule has 0 aromatic carbocycles. The Morgan fingerprint density at radius 3 is 2.76 bits per heavy atom. The molecule has 1 saturated heterocycles. The van der Waals surface area contributed by atoms with E-state index in [0.29, 0.717) is 0 Å². The topological polar surface area (TPSA) is 43.4 Å². The van der Waals surface area contributed by atoms with E-state index >= 15 is 0 Å². The van der Waals surface area contributed by atoms with E-state index in [1.54, 1.807) is 6.26 Å². The molecule has 0 N–H and O–H groups in total. The Kier molecular flexibility index (Phi) is 5.08. The van der Waals surface area contributed by atoms with Crippen LogP contribution in [-0.2, 0) is 11.3 Å². The van der Waals surface area contributed by atoms with E-state index in [9.17, 15) is 0 Å². The van der Waals surface area contributed by atoms with Crippen LogP contribution in [0.25, 0.3) is 11.6 Å². The largest absolute Gasteiger partial charge is 0.461 e. The molecule has 0 bridgehead atoms. The monoisotopic (exact) mass is 289 g/mol. The summed E-state index contributed by atoms with van der Waals surface area (Å²) in [5, 5.41) is 0. The van der Waals surface area contributed by atoms with Gasteiger partial charge in [0.15, 0.2) is 11.6 Å². The van der Waals surface area contributed by atoms with Gasteiger partial charge in [0.1, 0.15) is 0 Å². The number of unbranched alkanes of at least 4 members (excludes halogenated alkanes) is 2. The molecule has 114 valence electrons. The van der Waals surface area contributed by atoms with Crippen LogP contribution < -0.4 is 0 Å². The maximum absolute atomic E-state index is 5.42. The first-order valence-electron chi connectivity index (χ1n) is 7.78. The number of hydrogen-bond donors (Lipinski definition) is 0. The fourth-order valence-electron chi connectivity index (χ4n) is 2.74. The number of aromatic nitrogens is 2. The molecule has 2 aromatic rings. The average Bonchev–Trinajstić information content (AvgIpc) is 3.19. The quantitative estimate of drug-likeness (QED) is 0.735. The highest BCUT2D eigenvalue weighted by Crippen LogP contribution is 2.18. The van der Waals surface area contributed by atoms with Gasteiger partial charge in [-0.15, -0.1) is 0 Å². The van der Waals surface area contributed by atoms with E-state index in [4.69, 9.17) is 9.15 Å². The molecule has 21 heavy (non-hydrogen) atoms. The third-order valence-corrected chi connectivity index (χ3v) is 3.93. The van der Waals surface area contributed by atoms with Crippen LogP contribution in [0.15, 0.2) is 35.2 Å². The highest BCUT2D eigenvalue weighted by Gasteiger charge is 2.10. The third kappa shape index (κ3) is 3.95. The van der Waals surface area contributed by atoms with Crippen LogP contribution in [0, 0.1) is 0 Å². The SMILES string of the molecule is c1coc(-c2nccn2CCCCCN2CCOCC2)c1. The Labute approximate surface area is 125 Å². The van der Waals surface area contributed by atoms with Crippen molar-refractivity contribution < 1.29 is 9.15 Å². The van der Waals surface area contributed by atoms with Crippen molar-refractivity contribution in [2.45, 2.75) is 25.8 Å². The molecular weight excluding hydrogens is 266 g/mol. The number of furan rings is 1. The summed E-state index contributed by atoms with van der Waals surface area (Å²) in [5.74, 6) is 1.77. The highest BCUT2D eigenvalue weighted by molar-refractivity contribution is 5.46. The molecule has 0 aliphatic carbocycles. The van der Waals surface area contributed by atoms with Gasteiger partial charge in [0.05, 0.1) is 19.5 Å². The van der Waals surface area contributed by atoms with Gasteiger partial charge in [-0.2, -0.15) is 0 Å². The fourth-order valence-corrected chi connectivity index (χ4v) is 2.74. The number of aryl methyl sites for hydroxylation is 1. The summed E-state index contributed by atoms with van der Waals surface area (Å²) in [4.78, 5) is 6.87. The Balaban J connectivity index is 1.39. The molecule has 0 unspecified atom stereocenters. The zero-order valence-corrected chi connectivity index (χ0v) is 12.4. The third-order valence-electron chi connectivity index (χ3n) is 3.93. The maximum Gasteiger partial charge on any atom is 0.176 e. The maximum atomic E-state index is 5.42. The molecule has 1 fully saturated rings. The van der Waals surface area contributed by atoms with Crippen molar-refractivity contribution in [3.8, 4) is 11.6 Å². The number of nitrogens with zero attached hydrogens (tertiary/aromatic N) is 3. The highest BCUT2D eigenvalue weighted by atomic mass is 16.5. The zero-order valence-electron chi connectivity index (χ0n) is 12.4. The molecule has 0 spiro atoms. The Morgan fingerprint density at radius 2 is 1.95 bits per heavy atom. The van der Waals surface area contributed by atoms with Gasteiger partial charge in [-0.05, 0) is 31.5 Å². The van der Waals surface area contributed by atoms with Gasteiger partial charge in [-0.1, -0.05) is 6.42 Å². The molecule has 5 heteroatoms. The summed E-state index contributed by atoms with van der Waals surface area (Å²) in [7, 11) is 0. The lowest BCUT2D eigenvalue weighted by Gasteiger charge is -2.26. The number of rotatable bonds is 7. The molecule has 0 radical (unpaired) electrons. The molecule has 1 aliphatic heterocycles. The van der Waals surface area contributed by atoms with E-state index in [2.05, 4.69) is 14.5 Å². The van der Waals surface area contributed by atoms with Gasteiger partial charge in [0.2, 0.25) is 0 Å². The van der Waals surface area contributed by atoms with Gasteiger partial charge in [-0.25, -0.2) is 4.98 Å². The first-order chi connectivity index (χ1) is 10.4. The summed E-state index contributed by atoms with van der Waals surface area (Å²) >= 11 is 0. The van der Waals surface area contributed by atoms with Crippen molar-refractivity contribution in [3.63, 3.8) is 0 Å². The molecule has 1 aliphatic rings. The van der Waals surface area contributed by atoms with Crippen molar-refractivity contribution in [1.82, 2.24) is 14.5 Å². The molecule has 0 amide bonds. The number of imidazole rings is 1. The second kappa shape index (κ2) is 7.43. The lowest BCUT2D eigenvalue weighted by Crippen LogP contribution is -2.36. The molecule has 2 aromatic heterocycles. The Bertz CT molecular complexity index is 515. The number of ether oxygens (including phenoxy) is 1. The minimum atomic E-state index is 0.841. The zero-order chi connectivity index (χ0) is 14.3. The molecular formula is C16H23N3O2. The van der Waals surface area contributed by atoms with Crippen molar-refractivity contribution in [2.75, 3.05) is 32.8 Å². The summed E-state index contributed by atoms with van der Waals surface area (Å²) < 4.78 is 13.0. The van der Waals surface area contributed by atoms with Crippen molar-refractivity contribution >= 4 is 0 Å². The molecule has 3 rings (SSSR count). The van der Waals surface area contributed by atoms with Gasteiger partial charge in [0, 0.05) is 32.0 Å². The second-order valence-electron chi connectivity index (χ2n) is 5.44. The van der Waals surface area contributed by atoms with Crippen LogP contribution in [0.5, 0.6) is 0 Å². The molecule has 0 atom stereocenters. The molecule has 5 nitrogen and oxygen atoms in total. The van der Waals surface area contributed by atoms with Gasteiger partial charge in [-0.3, -0.25) is 4.90 Å². The van der Waals surface area contributed by atoms with Crippen molar-refractivity contribution in [3.05, 3.63) is 30.8 Å². The normalized spacial score (nSPS) is 16.4. The van der Waals surface area contributed by atoms with Crippen LogP contribution in [-0.4, -0.2) is 47.3 Å². The average molecular weight is 289 g/mol. The van der Waals surface area contributed by atoms with E-state index < -0.39 is 0 Å². The summed E-state index contributed by atoms with van der Waals surface area (Å²) in [6, 6.07) is 3.86.